The van der Waals surface area contributed by atoms with Crippen molar-refractivity contribution in [2.45, 2.75) is 6.61 Å². The van der Waals surface area contributed by atoms with E-state index in [9.17, 15) is 19.9 Å². The first kappa shape index (κ1) is 16.9. The minimum atomic E-state index is -0.946. The lowest BCUT2D eigenvalue weighted by Gasteiger charge is -2.03. The molecule has 2 aromatic rings. The van der Waals surface area contributed by atoms with Crippen molar-refractivity contribution in [2.75, 3.05) is 7.11 Å². The van der Waals surface area contributed by atoms with E-state index in [1.165, 1.54) is 31.4 Å². The number of ether oxygens (including phenoxy) is 1. The molecule has 0 saturated heterocycles. The molecule has 1 aliphatic heterocycles. The standard InChI is InChI=1S/C17H14BNO6/c1-24-17-9-12(5-6-15(17)19(22)23)16(20)7-3-11-2-4-13-10-25-18(21)14(13)8-11/h2-9,21H,10H2,1H3/b7-3+. The molecule has 0 radical (unpaired) electrons. The molecule has 1 aliphatic rings. The second-order valence-corrected chi connectivity index (χ2v) is 5.46. The largest absolute Gasteiger partial charge is 0.491 e. The SMILES string of the molecule is COc1cc(C(=O)/C=C/c2ccc3c(c2)B(O)OC3)ccc1[N+](=O)[O-]. The van der Waals surface area contributed by atoms with E-state index >= 15 is 0 Å². The highest BCUT2D eigenvalue weighted by molar-refractivity contribution is 6.61. The Kier molecular flexibility index (Phi) is 4.64. The molecule has 8 heteroatoms. The molecule has 25 heavy (non-hydrogen) atoms. The summed E-state index contributed by atoms with van der Waals surface area (Å²) < 4.78 is 10.1. The van der Waals surface area contributed by atoms with Crippen LogP contribution in [-0.4, -0.2) is 30.0 Å². The predicted octanol–water partition coefficient (Wildman–Crippen LogP) is 1.72. The Labute approximate surface area is 143 Å². The van der Waals surface area contributed by atoms with Gasteiger partial charge in [-0.05, 0) is 34.8 Å². The Morgan fingerprint density at radius 1 is 1.36 bits per heavy atom. The van der Waals surface area contributed by atoms with Crippen LogP contribution in [0, 0.1) is 10.1 Å². The van der Waals surface area contributed by atoms with Gasteiger partial charge in [-0.3, -0.25) is 14.9 Å². The van der Waals surface area contributed by atoms with E-state index in [-0.39, 0.29) is 22.8 Å². The molecule has 1 N–H and O–H groups in total. The zero-order valence-electron chi connectivity index (χ0n) is 13.3. The molecule has 0 bridgehead atoms. The first-order valence-electron chi connectivity index (χ1n) is 7.47. The fourth-order valence-corrected chi connectivity index (χ4v) is 2.59. The molecule has 0 amide bonds. The maximum Gasteiger partial charge on any atom is 0.491 e. The highest BCUT2D eigenvalue weighted by Gasteiger charge is 2.26. The predicted molar refractivity (Wildman–Crippen MR) is 91.9 cm³/mol. The third-order valence-corrected chi connectivity index (χ3v) is 3.92. The Bertz CT molecular complexity index is 879. The summed E-state index contributed by atoms with van der Waals surface area (Å²) in [6.45, 7) is 0.363. The molecule has 0 atom stereocenters. The summed E-state index contributed by atoms with van der Waals surface area (Å²) in [7, 11) is 0.364. The Hall–Kier alpha value is -2.97. The number of nitro benzene ring substituents is 1. The van der Waals surface area contributed by atoms with Crippen molar-refractivity contribution in [3.8, 4) is 5.75 Å². The van der Waals surface area contributed by atoms with E-state index in [1.54, 1.807) is 12.1 Å². The third-order valence-electron chi connectivity index (χ3n) is 3.92. The molecule has 7 nitrogen and oxygen atoms in total. The molecule has 0 spiro atoms. The van der Waals surface area contributed by atoms with Crippen LogP contribution in [0.1, 0.15) is 21.5 Å². The topological polar surface area (TPSA) is 98.9 Å². The number of hydrogen-bond acceptors (Lipinski definition) is 6. The van der Waals surface area contributed by atoms with Crippen molar-refractivity contribution in [2.24, 2.45) is 0 Å². The summed E-state index contributed by atoms with van der Waals surface area (Å²) in [6, 6.07) is 9.37. The normalized spacial score (nSPS) is 13.1. The van der Waals surface area contributed by atoms with Gasteiger partial charge in [-0.2, -0.15) is 0 Å². The van der Waals surface area contributed by atoms with Crippen molar-refractivity contribution >= 4 is 30.1 Å². The van der Waals surface area contributed by atoms with Crippen molar-refractivity contribution in [1.29, 1.82) is 0 Å². The van der Waals surface area contributed by atoms with E-state index in [0.29, 0.717) is 12.1 Å². The molecule has 0 fully saturated rings. The molecule has 3 rings (SSSR count). The van der Waals surface area contributed by atoms with Gasteiger partial charge in [-0.25, -0.2) is 0 Å². The van der Waals surface area contributed by atoms with Gasteiger partial charge in [-0.1, -0.05) is 24.3 Å². The number of carbonyl (C=O) groups excluding carboxylic acids is 1. The van der Waals surface area contributed by atoms with Gasteiger partial charge in [0.15, 0.2) is 11.5 Å². The van der Waals surface area contributed by atoms with Crippen LogP contribution in [0.3, 0.4) is 0 Å². The summed E-state index contributed by atoms with van der Waals surface area (Å²) in [5, 5.41) is 20.6. The zero-order valence-corrected chi connectivity index (χ0v) is 13.3. The van der Waals surface area contributed by atoms with Crippen LogP contribution in [-0.2, 0) is 11.3 Å². The molecule has 0 aliphatic carbocycles. The van der Waals surface area contributed by atoms with Crippen LogP contribution < -0.4 is 10.2 Å². The van der Waals surface area contributed by atoms with Gasteiger partial charge in [0.05, 0.1) is 18.6 Å². The zero-order chi connectivity index (χ0) is 18.0. The lowest BCUT2D eigenvalue weighted by Crippen LogP contribution is -2.28. The number of benzene rings is 2. The van der Waals surface area contributed by atoms with E-state index in [1.807, 2.05) is 12.1 Å². The monoisotopic (exact) mass is 339 g/mol. The van der Waals surface area contributed by atoms with Crippen LogP contribution in [0.5, 0.6) is 5.75 Å². The molecule has 1 heterocycles. The van der Waals surface area contributed by atoms with Crippen LogP contribution in [0.15, 0.2) is 42.5 Å². The van der Waals surface area contributed by atoms with Gasteiger partial charge >= 0.3 is 12.8 Å². The number of rotatable bonds is 5. The number of nitro groups is 1. The van der Waals surface area contributed by atoms with Gasteiger partial charge in [0.25, 0.3) is 0 Å². The molecular weight excluding hydrogens is 325 g/mol. The van der Waals surface area contributed by atoms with Crippen molar-refractivity contribution in [3.63, 3.8) is 0 Å². The second kappa shape index (κ2) is 6.88. The van der Waals surface area contributed by atoms with E-state index in [0.717, 1.165) is 11.1 Å². The number of allylic oxidation sites excluding steroid dienone is 1. The van der Waals surface area contributed by atoms with Gasteiger partial charge < -0.3 is 14.4 Å². The van der Waals surface area contributed by atoms with E-state index in [2.05, 4.69) is 0 Å². The summed E-state index contributed by atoms with van der Waals surface area (Å²) >= 11 is 0. The average Bonchev–Trinajstić information content (AvgIpc) is 2.99. The number of nitrogens with zero attached hydrogens (tertiary/aromatic N) is 1. The molecule has 2 aromatic carbocycles. The number of ketones is 1. The molecule has 0 saturated carbocycles. The Balaban J connectivity index is 1.81. The van der Waals surface area contributed by atoms with Gasteiger partial charge in [0, 0.05) is 11.6 Å². The van der Waals surface area contributed by atoms with Crippen LogP contribution in [0.2, 0.25) is 0 Å². The fraction of sp³-hybridized carbons (Fsp3) is 0.118. The maximum absolute atomic E-state index is 12.3. The molecular formula is C17H14BNO6. The highest BCUT2D eigenvalue weighted by atomic mass is 16.6. The number of carbonyl (C=O) groups is 1. The number of hydrogen-bond donors (Lipinski definition) is 1. The van der Waals surface area contributed by atoms with E-state index < -0.39 is 12.0 Å². The lowest BCUT2D eigenvalue weighted by molar-refractivity contribution is -0.385. The first-order chi connectivity index (χ1) is 12.0. The van der Waals surface area contributed by atoms with Gasteiger partial charge in [0.1, 0.15) is 0 Å². The Morgan fingerprint density at radius 2 is 2.16 bits per heavy atom. The summed E-state index contributed by atoms with van der Waals surface area (Å²) in [4.78, 5) is 22.6. The Morgan fingerprint density at radius 3 is 2.88 bits per heavy atom. The maximum atomic E-state index is 12.3. The van der Waals surface area contributed by atoms with Crippen LogP contribution in [0.4, 0.5) is 5.69 Å². The lowest BCUT2D eigenvalue weighted by atomic mass is 9.79. The fourth-order valence-electron chi connectivity index (χ4n) is 2.59. The number of fused-ring (bicyclic) bond motifs is 1. The molecule has 0 unspecified atom stereocenters. The minimum absolute atomic E-state index is 0.0297. The second-order valence-electron chi connectivity index (χ2n) is 5.46. The van der Waals surface area contributed by atoms with Crippen molar-refractivity contribution in [3.05, 3.63) is 69.3 Å². The van der Waals surface area contributed by atoms with Gasteiger partial charge in [0.2, 0.25) is 0 Å². The van der Waals surface area contributed by atoms with Crippen molar-refractivity contribution in [1.82, 2.24) is 0 Å². The molecule has 0 aromatic heterocycles. The highest BCUT2D eigenvalue weighted by Crippen LogP contribution is 2.27. The smallest absolute Gasteiger partial charge is 0.490 e. The quantitative estimate of drug-likeness (QED) is 0.293. The third kappa shape index (κ3) is 3.45. The average molecular weight is 339 g/mol. The minimum Gasteiger partial charge on any atom is -0.490 e. The van der Waals surface area contributed by atoms with Crippen molar-refractivity contribution < 1.29 is 24.1 Å². The van der Waals surface area contributed by atoms with E-state index in [4.69, 9.17) is 9.39 Å². The van der Waals surface area contributed by atoms with Crippen LogP contribution >= 0.6 is 0 Å². The summed E-state index contributed by atoms with van der Waals surface area (Å²) in [6.07, 6.45) is 2.98. The number of methoxy groups -OCH3 is 1. The summed E-state index contributed by atoms with van der Waals surface area (Å²) in [5.41, 5.74) is 2.42. The van der Waals surface area contributed by atoms with Crippen LogP contribution in [0.25, 0.3) is 6.08 Å². The first-order valence-corrected chi connectivity index (χ1v) is 7.47. The summed E-state index contributed by atoms with van der Waals surface area (Å²) in [5.74, 6) is -0.285. The molecule has 126 valence electrons. The van der Waals surface area contributed by atoms with Gasteiger partial charge in [-0.15, -0.1) is 0 Å².